The molecule has 2 N–H and O–H groups in total. The van der Waals surface area contributed by atoms with E-state index in [2.05, 4.69) is 31.5 Å². The maximum Gasteiger partial charge on any atom is 0.256 e. The van der Waals surface area contributed by atoms with E-state index in [9.17, 15) is 14.4 Å². The Morgan fingerprint density at radius 1 is 1.30 bits per heavy atom. The molecule has 8 heteroatoms. The molecule has 0 spiro atoms. The van der Waals surface area contributed by atoms with Crippen molar-refractivity contribution in [3.05, 3.63) is 58.3 Å². The van der Waals surface area contributed by atoms with Gasteiger partial charge in [-0.05, 0) is 43.2 Å². The summed E-state index contributed by atoms with van der Waals surface area (Å²) in [7, 11) is 0. The Balaban J connectivity index is 1.52. The topological polar surface area (TPSA) is 91.4 Å². The zero-order chi connectivity index (χ0) is 19.0. The molecule has 2 aromatic rings. The van der Waals surface area contributed by atoms with Gasteiger partial charge in [-0.15, -0.1) is 0 Å². The van der Waals surface area contributed by atoms with Gasteiger partial charge in [0.05, 0.1) is 16.8 Å². The highest BCUT2D eigenvalue weighted by atomic mass is 79.9. The first-order chi connectivity index (χ1) is 13.0. The van der Waals surface area contributed by atoms with Crippen molar-refractivity contribution in [2.45, 2.75) is 24.9 Å². The van der Waals surface area contributed by atoms with Crippen LogP contribution < -0.4 is 10.6 Å². The molecule has 27 heavy (non-hydrogen) atoms. The molecule has 1 aromatic carbocycles. The Bertz CT molecular complexity index is 918. The third-order valence-electron chi connectivity index (χ3n) is 4.89. The molecule has 1 aromatic heterocycles. The summed E-state index contributed by atoms with van der Waals surface area (Å²) in [4.78, 5) is 43.6. The van der Waals surface area contributed by atoms with Crippen LogP contribution in [0.1, 0.15) is 33.6 Å². The molecule has 2 aliphatic rings. The number of nitrogens with zero attached hydrogens (tertiary/aromatic N) is 2. The van der Waals surface area contributed by atoms with Crippen LogP contribution in [0.4, 0.5) is 5.69 Å². The number of fused-ring (bicyclic) bond motifs is 2. The van der Waals surface area contributed by atoms with Crippen molar-refractivity contribution in [2.24, 2.45) is 0 Å². The normalized spacial score (nSPS) is 21.6. The number of benzene rings is 1. The molecule has 0 radical (unpaired) electrons. The second-order valence-electron chi connectivity index (χ2n) is 6.63. The molecule has 7 nitrogen and oxygen atoms in total. The molecule has 2 atom stereocenters. The number of halogens is 1. The molecule has 0 bridgehead atoms. The van der Waals surface area contributed by atoms with Crippen molar-refractivity contribution < 1.29 is 14.4 Å². The molecule has 3 amide bonds. The Morgan fingerprint density at radius 2 is 2.15 bits per heavy atom. The zero-order valence-electron chi connectivity index (χ0n) is 14.3. The molecule has 2 aliphatic heterocycles. The number of amides is 3. The largest absolute Gasteiger partial charge is 0.349 e. The number of hydrogen-bond donors (Lipinski definition) is 2. The number of rotatable bonds is 2. The minimum atomic E-state index is -0.614. The van der Waals surface area contributed by atoms with Crippen molar-refractivity contribution >= 4 is 39.3 Å². The van der Waals surface area contributed by atoms with Gasteiger partial charge in [0.1, 0.15) is 6.04 Å². The van der Waals surface area contributed by atoms with Gasteiger partial charge < -0.3 is 15.5 Å². The molecule has 2 unspecified atom stereocenters. The van der Waals surface area contributed by atoms with Gasteiger partial charge in [-0.2, -0.15) is 0 Å². The standard InChI is InChI=1S/C19H17BrN4O3/c20-12-3-4-15-14(8-12)19(27)24-7-5-13(9-16(24)18(26)23-15)22-17(25)11-2-1-6-21-10-11/h1-4,6,8,10,13,16H,5,7,9H2,(H,22,25)(H,23,26). The number of carbonyl (C=O) groups excluding carboxylic acids is 3. The monoisotopic (exact) mass is 428 g/mol. The van der Waals surface area contributed by atoms with Gasteiger partial charge in [-0.25, -0.2) is 0 Å². The molecular formula is C19H17BrN4O3. The summed E-state index contributed by atoms with van der Waals surface area (Å²) < 4.78 is 0.779. The van der Waals surface area contributed by atoms with Crippen LogP contribution in [-0.2, 0) is 4.79 Å². The lowest BCUT2D eigenvalue weighted by atomic mass is 9.96. The highest BCUT2D eigenvalue weighted by Crippen LogP contribution is 2.30. The van der Waals surface area contributed by atoms with Crippen LogP contribution in [0.5, 0.6) is 0 Å². The first-order valence-corrected chi connectivity index (χ1v) is 9.44. The van der Waals surface area contributed by atoms with E-state index in [1.54, 1.807) is 41.4 Å². The Labute approximate surface area is 164 Å². The van der Waals surface area contributed by atoms with Gasteiger partial charge in [0.2, 0.25) is 5.91 Å². The minimum absolute atomic E-state index is 0.174. The average Bonchev–Trinajstić information content (AvgIpc) is 2.78. The number of pyridine rings is 1. The number of piperidine rings is 1. The number of carbonyl (C=O) groups is 3. The van der Waals surface area contributed by atoms with Gasteiger partial charge in [-0.1, -0.05) is 15.9 Å². The van der Waals surface area contributed by atoms with E-state index in [0.717, 1.165) is 4.47 Å². The lowest BCUT2D eigenvalue weighted by Crippen LogP contribution is -2.55. The molecular weight excluding hydrogens is 412 g/mol. The van der Waals surface area contributed by atoms with Gasteiger partial charge in [0.15, 0.2) is 0 Å². The maximum atomic E-state index is 12.9. The minimum Gasteiger partial charge on any atom is -0.349 e. The molecule has 4 rings (SSSR count). The van der Waals surface area contributed by atoms with E-state index in [1.807, 2.05) is 0 Å². The van der Waals surface area contributed by atoms with Gasteiger partial charge >= 0.3 is 0 Å². The van der Waals surface area contributed by atoms with E-state index >= 15 is 0 Å². The summed E-state index contributed by atoms with van der Waals surface area (Å²) in [6.45, 7) is 0.404. The van der Waals surface area contributed by atoms with Crippen LogP contribution in [0.25, 0.3) is 0 Å². The second-order valence-corrected chi connectivity index (χ2v) is 7.55. The van der Waals surface area contributed by atoms with E-state index in [4.69, 9.17) is 0 Å². The Morgan fingerprint density at radius 3 is 2.93 bits per heavy atom. The van der Waals surface area contributed by atoms with Crippen LogP contribution >= 0.6 is 15.9 Å². The number of nitrogens with one attached hydrogen (secondary N) is 2. The molecule has 1 saturated heterocycles. The smallest absolute Gasteiger partial charge is 0.256 e. The van der Waals surface area contributed by atoms with Crippen molar-refractivity contribution in [3.8, 4) is 0 Å². The Hall–Kier alpha value is -2.74. The van der Waals surface area contributed by atoms with Crippen LogP contribution in [-0.4, -0.2) is 46.2 Å². The molecule has 0 saturated carbocycles. The summed E-state index contributed by atoms with van der Waals surface area (Å²) in [6, 6.07) is 7.81. The number of hydrogen-bond acceptors (Lipinski definition) is 4. The van der Waals surface area contributed by atoms with Crippen molar-refractivity contribution in [1.29, 1.82) is 0 Å². The third kappa shape index (κ3) is 3.44. The van der Waals surface area contributed by atoms with Gasteiger partial charge in [0.25, 0.3) is 11.8 Å². The fraction of sp³-hybridized carbons (Fsp3) is 0.263. The summed E-state index contributed by atoms with van der Waals surface area (Å²) >= 11 is 3.37. The highest BCUT2D eigenvalue weighted by molar-refractivity contribution is 9.10. The van der Waals surface area contributed by atoms with Gasteiger partial charge in [-0.3, -0.25) is 19.4 Å². The van der Waals surface area contributed by atoms with Crippen LogP contribution in [0, 0.1) is 0 Å². The van der Waals surface area contributed by atoms with E-state index in [1.165, 1.54) is 6.20 Å². The fourth-order valence-corrected chi connectivity index (χ4v) is 3.89. The maximum absolute atomic E-state index is 12.9. The molecule has 0 aliphatic carbocycles. The zero-order valence-corrected chi connectivity index (χ0v) is 15.9. The second kappa shape index (κ2) is 7.11. The molecule has 3 heterocycles. The predicted octanol–water partition coefficient (Wildman–Crippen LogP) is 2.20. The van der Waals surface area contributed by atoms with Crippen LogP contribution in [0.3, 0.4) is 0 Å². The van der Waals surface area contributed by atoms with Crippen LogP contribution in [0.15, 0.2) is 47.2 Å². The van der Waals surface area contributed by atoms with Crippen molar-refractivity contribution in [1.82, 2.24) is 15.2 Å². The van der Waals surface area contributed by atoms with Crippen LogP contribution in [0.2, 0.25) is 0 Å². The first kappa shape index (κ1) is 17.7. The SMILES string of the molecule is O=C(NC1CCN2C(=O)c3cc(Br)ccc3NC(=O)C2C1)c1cccnc1. The molecule has 1 fully saturated rings. The van der Waals surface area contributed by atoms with Crippen molar-refractivity contribution in [2.75, 3.05) is 11.9 Å². The lowest BCUT2D eigenvalue weighted by molar-refractivity contribution is -0.121. The summed E-state index contributed by atoms with van der Waals surface area (Å²) in [6.07, 6.45) is 4.07. The fourth-order valence-electron chi connectivity index (χ4n) is 3.53. The van der Waals surface area contributed by atoms with E-state index in [-0.39, 0.29) is 23.8 Å². The van der Waals surface area contributed by atoms with E-state index < -0.39 is 6.04 Å². The highest BCUT2D eigenvalue weighted by Gasteiger charge is 2.40. The summed E-state index contributed by atoms with van der Waals surface area (Å²) in [5.41, 5.74) is 1.45. The predicted molar refractivity (Wildman–Crippen MR) is 102 cm³/mol. The molecule has 138 valence electrons. The van der Waals surface area contributed by atoms with Gasteiger partial charge in [0, 0.05) is 29.5 Å². The lowest BCUT2D eigenvalue weighted by Gasteiger charge is -2.37. The number of anilines is 1. The number of aromatic nitrogens is 1. The first-order valence-electron chi connectivity index (χ1n) is 8.65. The van der Waals surface area contributed by atoms with E-state index in [0.29, 0.717) is 36.2 Å². The average molecular weight is 429 g/mol. The Kier molecular flexibility index (Phi) is 4.65. The summed E-state index contributed by atoms with van der Waals surface area (Å²) in [5.74, 6) is -0.634. The van der Waals surface area contributed by atoms with Crippen molar-refractivity contribution in [3.63, 3.8) is 0 Å². The summed E-state index contributed by atoms with van der Waals surface area (Å²) in [5, 5.41) is 5.79. The quantitative estimate of drug-likeness (QED) is 0.766. The third-order valence-corrected chi connectivity index (χ3v) is 5.39.